The first-order chi connectivity index (χ1) is 15.0. The number of nitrogens with one attached hydrogen (secondary N) is 1. The highest BCUT2D eigenvalue weighted by molar-refractivity contribution is 6.05. The maximum Gasteiger partial charge on any atom is 0.259 e. The van der Waals surface area contributed by atoms with Crippen molar-refractivity contribution in [3.63, 3.8) is 0 Å². The predicted octanol–water partition coefficient (Wildman–Crippen LogP) is 4.98. The van der Waals surface area contributed by atoms with Crippen molar-refractivity contribution in [3.8, 4) is 17.1 Å². The fourth-order valence-corrected chi connectivity index (χ4v) is 3.57. The van der Waals surface area contributed by atoms with Crippen LogP contribution < -0.4 is 5.32 Å². The Bertz CT molecular complexity index is 1270. The molecule has 0 atom stereocenters. The zero-order chi connectivity index (χ0) is 21.5. The van der Waals surface area contributed by atoms with Gasteiger partial charge in [-0.05, 0) is 69.5 Å². The Morgan fingerprint density at radius 3 is 2.58 bits per heavy atom. The van der Waals surface area contributed by atoms with E-state index in [1.54, 1.807) is 10.9 Å². The third-order valence-corrected chi connectivity index (χ3v) is 5.53. The number of aryl methyl sites for hydroxylation is 3. The van der Waals surface area contributed by atoms with Crippen LogP contribution >= 0.6 is 0 Å². The smallest absolute Gasteiger partial charge is 0.259 e. The number of aromatic nitrogens is 4. The summed E-state index contributed by atoms with van der Waals surface area (Å²) in [7, 11) is 0. The van der Waals surface area contributed by atoms with Gasteiger partial charge in [0.2, 0.25) is 11.7 Å². The Labute approximate surface area is 180 Å². The normalized spacial score (nSPS) is 13.4. The van der Waals surface area contributed by atoms with Crippen LogP contribution in [0.4, 0.5) is 5.69 Å². The summed E-state index contributed by atoms with van der Waals surface area (Å²) in [5.74, 6) is 1.58. The molecule has 1 amide bonds. The van der Waals surface area contributed by atoms with Gasteiger partial charge in [-0.2, -0.15) is 10.1 Å². The first-order valence-electron chi connectivity index (χ1n) is 10.4. The van der Waals surface area contributed by atoms with Crippen molar-refractivity contribution in [2.45, 2.75) is 39.5 Å². The number of nitrogens with zero attached hydrogens (tertiary/aromatic N) is 4. The van der Waals surface area contributed by atoms with Gasteiger partial charge in [0.1, 0.15) is 0 Å². The summed E-state index contributed by atoms with van der Waals surface area (Å²) in [5.41, 5.74) is 5.93. The maximum atomic E-state index is 12.8. The number of carbonyl (C=O) groups is 1. The first-order valence-corrected chi connectivity index (χ1v) is 10.4. The van der Waals surface area contributed by atoms with Crippen molar-refractivity contribution in [2.24, 2.45) is 0 Å². The van der Waals surface area contributed by atoms with Gasteiger partial charge < -0.3 is 9.84 Å². The minimum Gasteiger partial charge on any atom is -0.339 e. The molecule has 2 aromatic heterocycles. The number of carbonyl (C=O) groups excluding carboxylic acids is 1. The molecule has 0 radical (unpaired) electrons. The quantitative estimate of drug-likeness (QED) is 0.499. The number of anilines is 1. The van der Waals surface area contributed by atoms with Crippen molar-refractivity contribution in [2.75, 3.05) is 5.32 Å². The van der Waals surface area contributed by atoms with E-state index in [9.17, 15) is 4.79 Å². The van der Waals surface area contributed by atoms with E-state index in [1.807, 2.05) is 63.2 Å². The molecule has 1 aliphatic rings. The molecule has 5 rings (SSSR count). The van der Waals surface area contributed by atoms with Crippen molar-refractivity contribution in [1.29, 1.82) is 0 Å². The average molecular weight is 413 g/mol. The second-order valence-corrected chi connectivity index (χ2v) is 8.12. The van der Waals surface area contributed by atoms with Crippen LogP contribution in [0.25, 0.3) is 17.1 Å². The molecule has 1 fully saturated rings. The lowest BCUT2D eigenvalue weighted by Gasteiger charge is -2.08. The third-order valence-electron chi connectivity index (χ3n) is 5.53. The molecule has 0 spiro atoms. The summed E-state index contributed by atoms with van der Waals surface area (Å²) in [5, 5.41) is 11.6. The van der Waals surface area contributed by atoms with Crippen molar-refractivity contribution < 1.29 is 9.32 Å². The topological polar surface area (TPSA) is 85.8 Å². The largest absolute Gasteiger partial charge is 0.339 e. The van der Waals surface area contributed by atoms with Crippen molar-refractivity contribution in [1.82, 2.24) is 19.9 Å². The molecular weight excluding hydrogens is 390 g/mol. The molecule has 1 aliphatic carbocycles. The zero-order valence-electron chi connectivity index (χ0n) is 17.7. The lowest BCUT2D eigenvalue weighted by molar-refractivity contribution is 0.102. The van der Waals surface area contributed by atoms with Gasteiger partial charge in [0.05, 0.1) is 16.9 Å². The van der Waals surface area contributed by atoms with Crippen LogP contribution in [0.3, 0.4) is 0 Å². The Kier molecular flexibility index (Phi) is 4.66. The molecule has 0 saturated heterocycles. The highest BCUT2D eigenvalue weighted by Gasteiger charge is 2.29. The van der Waals surface area contributed by atoms with Crippen LogP contribution in [-0.2, 0) is 0 Å². The Morgan fingerprint density at radius 2 is 1.87 bits per heavy atom. The Morgan fingerprint density at radius 1 is 1.10 bits per heavy atom. The van der Waals surface area contributed by atoms with E-state index in [2.05, 4.69) is 20.6 Å². The number of hydrogen-bond donors (Lipinski definition) is 1. The number of amides is 1. The summed E-state index contributed by atoms with van der Waals surface area (Å²) in [6.07, 6.45) is 4.00. The maximum absolute atomic E-state index is 12.8. The summed E-state index contributed by atoms with van der Waals surface area (Å²) in [6, 6.07) is 13.7. The van der Waals surface area contributed by atoms with Gasteiger partial charge in [-0.15, -0.1) is 0 Å². The molecule has 0 bridgehead atoms. The van der Waals surface area contributed by atoms with Crippen LogP contribution in [0.15, 0.2) is 53.2 Å². The van der Waals surface area contributed by atoms with Gasteiger partial charge >= 0.3 is 0 Å². The van der Waals surface area contributed by atoms with Gasteiger partial charge in [0.25, 0.3) is 5.91 Å². The van der Waals surface area contributed by atoms with Gasteiger partial charge in [-0.1, -0.05) is 22.9 Å². The number of hydrogen-bond acceptors (Lipinski definition) is 5. The molecule has 1 N–H and O–H groups in total. The van der Waals surface area contributed by atoms with Crippen LogP contribution in [0.1, 0.15) is 51.8 Å². The highest BCUT2D eigenvalue weighted by Crippen LogP contribution is 2.39. The molecule has 156 valence electrons. The van der Waals surface area contributed by atoms with E-state index in [4.69, 9.17) is 4.52 Å². The van der Waals surface area contributed by atoms with E-state index in [-0.39, 0.29) is 5.91 Å². The highest BCUT2D eigenvalue weighted by atomic mass is 16.5. The Hall–Kier alpha value is -3.74. The second kappa shape index (κ2) is 7.50. The predicted molar refractivity (Wildman–Crippen MR) is 117 cm³/mol. The lowest BCUT2D eigenvalue weighted by atomic mass is 10.1. The van der Waals surface area contributed by atoms with E-state index in [1.165, 1.54) is 0 Å². The van der Waals surface area contributed by atoms with Crippen molar-refractivity contribution >= 4 is 11.6 Å². The molecule has 31 heavy (non-hydrogen) atoms. The molecule has 7 nitrogen and oxygen atoms in total. The van der Waals surface area contributed by atoms with Crippen LogP contribution in [0, 0.1) is 20.8 Å². The van der Waals surface area contributed by atoms with Crippen LogP contribution in [0.5, 0.6) is 0 Å². The van der Waals surface area contributed by atoms with E-state index in [0.29, 0.717) is 23.0 Å². The lowest BCUT2D eigenvalue weighted by Crippen LogP contribution is -2.13. The van der Waals surface area contributed by atoms with Crippen LogP contribution in [-0.4, -0.2) is 25.8 Å². The fourth-order valence-electron chi connectivity index (χ4n) is 3.57. The van der Waals surface area contributed by atoms with Gasteiger partial charge in [0.15, 0.2) is 0 Å². The first kappa shape index (κ1) is 19.2. The molecule has 1 saturated carbocycles. The van der Waals surface area contributed by atoms with Gasteiger partial charge in [-0.25, -0.2) is 4.68 Å². The number of rotatable bonds is 5. The molecule has 0 unspecified atom stereocenters. The summed E-state index contributed by atoms with van der Waals surface area (Å²) in [4.78, 5) is 17.3. The minimum absolute atomic E-state index is 0.174. The van der Waals surface area contributed by atoms with E-state index < -0.39 is 0 Å². The molecule has 7 heteroatoms. The Balaban J connectivity index is 1.35. The molecule has 4 aromatic rings. The van der Waals surface area contributed by atoms with Crippen LogP contribution in [0.2, 0.25) is 0 Å². The summed E-state index contributed by atoms with van der Waals surface area (Å²) < 4.78 is 7.05. The average Bonchev–Trinajstić information content (AvgIpc) is 3.35. The second-order valence-electron chi connectivity index (χ2n) is 8.12. The summed E-state index contributed by atoms with van der Waals surface area (Å²) >= 11 is 0. The monoisotopic (exact) mass is 413 g/mol. The molecule has 2 aromatic carbocycles. The molecular formula is C24H23N5O2. The minimum atomic E-state index is -0.174. The van der Waals surface area contributed by atoms with Crippen molar-refractivity contribution in [3.05, 3.63) is 76.9 Å². The summed E-state index contributed by atoms with van der Waals surface area (Å²) in [6.45, 7) is 5.85. The SMILES string of the molecule is Cc1ccc(NC(=O)c2cn(-c3ccc(-c4noc(C5CC5)n4)cc3)nc2C)c(C)c1. The number of benzene rings is 2. The molecule has 2 heterocycles. The molecule has 0 aliphatic heterocycles. The zero-order valence-corrected chi connectivity index (χ0v) is 17.7. The third kappa shape index (κ3) is 3.86. The standard InChI is InChI=1S/C24H23N5O2/c1-14-4-11-21(15(2)12-14)25-23(30)20-13-29(27-16(20)3)19-9-7-17(8-10-19)22-26-24(31-28-22)18-5-6-18/h4,7-13,18H,5-6H2,1-3H3,(H,25,30). The van der Waals surface area contributed by atoms with Gasteiger partial charge in [0, 0.05) is 23.4 Å². The van der Waals surface area contributed by atoms with E-state index >= 15 is 0 Å². The van der Waals surface area contributed by atoms with E-state index in [0.717, 1.165) is 46.8 Å². The van der Waals surface area contributed by atoms with Gasteiger partial charge in [-0.3, -0.25) is 4.79 Å². The fraction of sp³-hybridized carbons (Fsp3) is 0.250.